The van der Waals surface area contributed by atoms with Crippen LogP contribution in [0.1, 0.15) is 19.8 Å². The molecule has 3 heteroatoms. The Kier molecular flexibility index (Phi) is 6.18. The van der Waals surface area contributed by atoms with Crippen LogP contribution in [0, 0.1) is 5.92 Å². The van der Waals surface area contributed by atoms with E-state index in [1.807, 2.05) is 24.3 Å². The van der Waals surface area contributed by atoms with Gasteiger partial charge in [-0.1, -0.05) is 19.1 Å². The molecule has 0 amide bonds. The molecule has 0 saturated heterocycles. The Labute approximate surface area is 106 Å². The van der Waals surface area contributed by atoms with Gasteiger partial charge in [-0.05, 0) is 52.6 Å². The Bertz CT molecular complexity index is 291. The average molecular weight is 289 g/mol. The van der Waals surface area contributed by atoms with E-state index in [1.54, 1.807) is 0 Å². The molecule has 0 aliphatic rings. The fourth-order valence-electron chi connectivity index (χ4n) is 1.30. The predicted octanol–water partition coefficient (Wildman–Crippen LogP) is 4.17. The van der Waals surface area contributed by atoms with Crippen LogP contribution in [0.3, 0.4) is 0 Å². The van der Waals surface area contributed by atoms with E-state index >= 15 is 0 Å². The molecule has 1 atom stereocenters. The van der Waals surface area contributed by atoms with Crippen LogP contribution in [0.25, 0.3) is 0 Å². The predicted molar refractivity (Wildman–Crippen MR) is 71.9 cm³/mol. The minimum atomic E-state index is 0.685. The average Bonchev–Trinajstić information content (AvgIpc) is 2.21. The zero-order valence-corrected chi connectivity index (χ0v) is 11.4. The third kappa shape index (κ3) is 4.94. The summed E-state index contributed by atoms with van der Waals surface area (Å²) in [6.45, 7) is 3.01. The molecule has 0 fully saturated rings. The fraction of sp³-hybridized carbons (Fsp3) is 0.500. The van der Waals surface area contributed by atoms with Gasteiger partial charge in [0, 0.05) is 0 Å². The van der Waals surface area contributed by atoms with Gasteiger partial charge in [0.15, 0.2) is 0 Å². The summed E-state index contributed by atoms with van der Waals surface area (Å²) in [4.78, 5) is 0. The Morgan fingerprint density at radius 1 is 1.33 bits per heavy atom. The zero-order chi connectivity index (χ0) is 11.1. The van der Waals surface area contributed by atoms with Crippen molar-refractivity contribution in [3.63, 3.8) is 0 Å². The molecule has 15 heavy (non-hydrogen) atoms. The maximum absolute atomic E-state index is 5.68. The third-order valence-corrected chi connectivity index (χ3v) is 3.24. The molecule has 84 valence electrons. The lowest BCUT2D eigenvalue weighted by Gasteiger charge is -2.11. The summed E-state index contributed by atoms with van der Waals surface area (Å²) in [7, 11) is 0. The van der Waals surface area contributed by atoms with Gasteiger partial charge in [-0.2, -0.15) is 12.6 Å². The summed E-state index contributed by atoms with van der Waals surface area (Å²) in [6.07, 6.45) is 2.24. The topological polar surface area (TPSA) is 9.23 Å². The van der Waals surface area contributed by atoms with Crippen LogP contribution < -0.4 is 4.74 Å². The van der Waals surface area contributed by atoms with Crippen molar-refractivity contribution in [1.29, 1.82) is 0 Å². The molecule has 0 saturated carbocycles. The Balaban J connectivity index is 2.29. The van der Waals surface area contributed by atoms with Gasteiger partial charge in [0.25, 0.3) is 0 Å². The maximum atomic E-state index is 5.68. The van der Waals surface area contributed by atoms with Crippen LogP contribution in [-0.2, 0) is 0 Å². The summed E-state index contributed by atoms with van der Waals surface area (Å²) in [6, 6.07) is 7.94. The van der Waals surface area contributed by atoms with E-state index in [4.69, 9.17) is 4.74 Å². The number of benzene rings is 1. The summed E-state index contributed by atoms with van der Waals surface area (Å²) in [5.74, 6) is 2.57. The van der Waals surface area contributed by atoms with E-state index < -0.39 is 0 Å². The lowest BCUT2D eigenvalue weighted by molar-refractivity contribution is 0.281. The van der Waals surface area contributed by atoms with Crippen molar-refractivity contribution in [3.05, 3.63) is 28.7 Å². The molecule has 0 aromatic heterocycles. The molecule has 0 spiro atoms. The highest BCUT2D eigenvalue weighted by Crippen LogP contribution is 2.24. The molecular weight excluding hydrogens is 272 g/mol. The van der Waals surface area contributed by atoms with Crippen LogP contribution >= 0.6 is 28.6 Å². The second-order valence-corrected chi connectivity index (χ2v) is 4.99. The van der Waals surface area contributed by atoms with Gasteiger partial charge in [-0.15, -0.1) is 0 Å². The van der Waals surface area contributed by atoms with E-state index in [1.165, 1.54) is 0 Å². The van der Waals surface area contributed by atoms with Crippen molar-refractivity contribution in [2.45, 2.75) is 19.8 Å². The van der Waals surface area contributed by atoms with Gasteiger partial charge in [-0.25, -0.2) is 0 Å². The van der Waals surface area contributed by atoms with Gasteiger partial charge >= 0.3 is 0 Å². The van der Waals surface area contributed by atoms with Gasteiger partial charge in [0.2, 0.25) is 0 Å². The minimum Gasteiger partial charge on any atom is -0.492 e. The van der Waals surface area contributed by atoms with E-state index in [0.717, 1.165) is 35.4 Å². The normalized spacial score (nSPS) is 12.5. The van der Waals surface area contributed by atoms with Crippen LogP contribution in [0.15, 0.2) is 28.7 Å². The first-order valence-electron chi connectivity index (χ1n) is 5.22. The monoisotopic (exact) mass is 288 g/mol. The summed E-state index contributed by atoms with van der Waals surface area (Å²) in [5, 5.41) is 0. The number of hydrogen-bond donors (Lipinski definition) is 1. The van der Waals surface area contributed by atoms with Crippen LogP contribution in [-0.4, -0.2) is 12.4 Å². The Morgan fingerprint density at radius 3 is 2.73 bits per heavy atom. The molecule has 0 aliphatic carbocycles. The molecule has 0 N–H and O–H groups in total. The van der Waals surface area contributed by atoms with Crippen molar-refractivity contribution in [3.8, 4) is 5.75 Å². The quantitative estimate of drug-likeness (QED) is 0.773. The van der Waals surface area contributed by atoms with Crippen molar-refractivity contribution >= 4 is 28.6 Å². The van der Waals surface area contributed by atoms with Crippen LogP contribution in [0.2, 0.25) is 0 Å². The summed E-state index contributed by atoms with van der Waals surface area (Å²) < 4.78 is 6.70. The highest BCUT2D eigenvalue weighted by atomic mass is 79.9. The van der Waals surface area contributed by atoms with Gasteiger partial charge in [0.05, 0.1) is 11.1 Å². The lowest BCUT2D eigenvalue weighted by atomic mass is 10.1. The van der Waals surface area contributed by atoms with Crippen molar-refractivity contribution < 1.29 is 4.74 Å². The first-order chi connectivity index (χ1) is 7.24. The van der Waals surface area contributed by atoms with Gasteiger partial charge in [0.1, 0.15) is 5.75 Å². The minimum absolute atomic E-state index is 0.685. The molecule has 1 unspecified atom stereocenters. The molecular formula is C12H17BrOS. The molecule has 1 aromatic rings. The second kappa shape index (κ2) is 7.18. The molecule has 1 aromatic carbocycles. The van der Waals surface area contributed by atoms with Crippen LogP contribution in [0.5, 0.6) is 5.75 Å². The fourth-order valence-corrected chi connectivity index (χ4v) is 2.14. The number of halogens is 1. The van der Waals surface area contributed by atoms with Crippen molar-refractivity contribution in [2.75, 3.05) is 12.4 Å². The molecule has 1 rings (SSSR count). The SMILES string of the molecule is CC(CCS)CCOc1ccccc1Br. The number of thiol groups is 1. The second-order valence-electron chi connectivity index (χ2n) is 3.69. The van der Waals surface area contributed by atoms with Crippen molar-refractivity contribution in [2.24, 2.45) is 5.92 Å². The van der Waals surface area contributed by atoms with Crippen LogP contribution in [0.4, 0.5) is 0 Å². The summed E-state index contributed by atoms with van der Waals surface area (Å²) >= 11 is 7.68. The summed E-state index contributed by atoms with van der Waals surface area (Å²) in [5.41, 5.74) is 0. The standard InChI is InChI=1S/C12H17BrOS/c1-10(7-9-15)6-8-14-12-5-3-2-4-11(12)13/h2-5,10,15H,6-9H2,1H3. The number of para-hydroxylation sites is 1. The third-order valence-electron chi connectivity index (χ3n) is 2.33. The number of rotatable bonds is 6. The van der Waals surface area contributed by atoms with Gasteiger partial charge < -0.3 is 4.74 Å². The Morgan fingerprint density at radius 2 is 2.07 bits per heavy atom. The smallest absolute Gasteiger partial charge is 0.133 e. The molecule has 0 bridgehead atoms. The molecule has 0 heterocycles. The maximum Gasteiger partial charge on any atom is 0.133 e. The highest BCUT2D eigenvalue weighted by Gasteiger charge is 2.03. The van der Waals surface area contributed by atoms with E-state index in [0.29, 0.717) is 5.92 Å². The number of ether oxygens (including phenoxy) is 1. The van der Waals surface area contributed by atoms with E-state index in [-0.39, 0.29) is 0 Å². The lowest BCUT2D eigenvalue weighted by Crippen LogP contribution is -2.04. The largest absolute Gasteiger partial charge is 0.492 e. The zero-order valence-electron chi connectivity index (χ0n) is 8.95. The number of hydrogen-bond acceptors (Lipinski definition) is 2. The van der Waals surface area contributed by atoms with Crippen molar-refractivity contribution in [1.82, 2.24) is 0 Å². The van der Waals surface area contributed by atoms with E-state index in [2.05, 4.69) is 35.5 Å². The first-order valence-corrected chi connectivity index (χ1v) is 6.64. The highest BCUT2D eigenvalue weighted by molar-refractivity contribution is 9.10. The Hall–Kier alpha value is -0.150. The first kappa shape index (κ1) is 12.9. The molecule has 0 aliphatic heterocycles. The molecule has 0 radical (unpaired) electrons. The molecule has 1 nitrogen and oxygen atoms in total. The van der Waals surface area contributed by atoms with Gasteiger partial charge in [-0.3, -0.25) is 0 Å². The van der Waals surface area contributed by atoms with E-state index in [9.17, 15) is 0 Å².